The van der Waals surface area contributed by atoms with E-state index in [1.165, 1.54) is 0 Å². The number of pyridine rings is 1. The van der Waals surface area contributed by atoms with Gasteiger partial charge in [-0.1, -0.05) is 18.2 Å². The SMILES string of the molecule is c1ccc2oc(-c3ccncc3)cc2c1. The zero-order valence-corrected chi connectivity index (χ0v) is 8.05. The Labute approximate surface area is 87.2 Å². The number of fused-ring (bicyclic) bond motifs is 1. The van der Waals surface area contributed by atoms with E-state index >= 15 is 0 Å². The zero-order chi connectivity index (χ0) is 10.1. The van der Waals surface area contributed by atoms with E-state index in [1.54, 1.807) is 12.4 Å². The lowest BCUT2D eigenvalue weighted by molar-refractivity contribution is 0.631. The Hall–Kier alpha value is -2.09. The van der Waals surface area contributed by atoms with Crippen molar-refractivity contribution in [3.05, 3.63) is 54.9 Å². The summed E-state index contributed by atoms with van der Waals surface area (Å²) in [6.07, 6.45) is 3.53. The number of aromatic nitrogens is 1. The average molecular weight is 195 g/mol. The lowest BCUT2D eigenvalue weighted by Crippen LogP contribution is -1.72. The van der Waals surface area contributed by atoms with Gasteiger partial charge in [0, 0.05) is 23.3 Å². The standard InChI is InChI=1S/C13H9NO/c1-2-4-12-11(3-1)9-13(15-12)10-5-7-14-8-6-10/h1-9H. The highest BCUT2D eigenvalue weighted by atomic mass is 16.3. The second-order valence-electron chi connectivity index (χ2n) is 3.38. The summed E-state index contributed by atoms with van der Waals surface area (Å²) in [5.74, 6) is 0.888. The van der Waals surface area contributed by atoms with Crippen LogP contribution < -0.4 is 0 Å². The molecule has 0 spiro atoms. The van der Waals surface area contributed by atoms with Crippen LogP contribution in [0.25, 0.3) is 22.3 Å². The highest BCUT2D eigenvalue weighted by Gasteiger charge is 2.04. The molecule has 0 radical (unpaired) electrons. The molecule has 3 aromatic rings. The van der Waals surface area contributed by atoms with Crippen LogP contribution >= 0.6 is 0 Å². The molecular formula is C13H9NO. The summed E-state index contributed by atoms with van der Waals surface area (Å²) in [4.78, 5) is 3.98. The molecule has 2 nitrogen and oxygen atoms in total. The molecule has 2 aromatic heterocycles. The molecule has 0 aliphatic carbocycles. The van der Waals surface area contributed by atoms with Crippen molar-refractivity contribution in [2.45, 2.75) is 0 Å². The predicted molar refractivity (Wildman–Crippen MR) is 59.4 cm³/mol. The normalized spacial score (nSPS) is 10.7. The Kier molecular flexibility index (Phi) is 1.78. The maximum Gasteiger partial charge on any atom is 0.135 e. The quantitative estimate of drug-likeness (QED) is 0.594. The maximum atomic E-state index is 5.73. The molecule has 0 unspecified atom stereocenters. The van der Waals surface area contributed by atoms with Crippen LogP contribution in [0.4, 0.5) is 0 Å². The van der Waals surface area contributed by atoms with E-state index in [0.717, 1.165) is 22.3 Å². The summed E-state index contributed by atoms with van der Waals surface area (Å²) in [6.45, 7) is 0. The largest absolute Gasteiger partial charge is 0.456 e. The third kappa shape index (κ3) is 1.40. The minimum atomic E-state index is 0.888. The van der Waals surface area contributed by atoms with Gasteiger partial charge in [0.05, 0.1) is 0 Å². The van der Waals surface area contributed by atoms with Gasteiger partial charge in [-0.15, -0.1) is 0 Å². The Bertz CT molecular complexity index is 551. The Morgan fingerprint density at radius 3 is 2.53 bits per heavy atom. The molecule has 0 saturated carbocycles. The number of hydrogen-bond acceptors (Lipinski definition) is 2. The van der Waals surface area contributed by atoms with Crippen LogP contribution in [0.15, 0.2) is 59.3 Å². The second-order valence-corrected chi connectivity index (χ2v) is 3.38. The van der Waals surface area contributed by atoms with Gasteiger partial charge in [-0.3, -0.25) is 4.98 Å². The van der Waals surface area contributed by atoms with Crippen molar-refractivity contribution in [2.24, 2.45) is 0 Å². The van der Waals surface area contributed by atoms with Gasteiger partial charge in [-0.2, -0.15) is 0 Å². The molecule has 72 valence electrons. The van der Waals surface area contributed by atoms with Gasteiger partial charge < -0.3 is 4.42 Å². The Morgan fingerprint density at radius 1 is 0.933 bits per heavy atom. The fourth-order valence-corrected chi connectivity index (χ4v) is 1.64. The van der Waals surface area contributed by atoms with Gasteiger partial charge in [-0.25, -0.2) is 0 Å². The van der Waals surface area contributed by atoms with E-state index in [1.807, 2.05) is 42.5 Å². The van der Waals surface area contributed by atoms with Gasteiger partial charge in [0.15, 0.2) is 0 Å². The van der Waals surface area contributed by atoms with Crippen LogP contribution in [0.1, 0.15) is 0 Å². The molecule has 0 amide bonds. The van der Waals surface area contributed by atoms with Crippen molar-refractivity contribution >= 4 is 11.0 Å². The van der Waals surface area contributed by atoms with Crippen LogP contribution in [0.5, 0.6) is 0 Å². The minimum absolute atomic E-state index is 0.888. The molecule has 0 atom stereocenters. The average Bonchev–Trinajstić information content (AvgIpc) is 2.74. The monoisotopic (exact) mass is 195 g/mol. The number of hydrogen-bond donors (Lipinski definition) is 0. The first-order valence-corrected chi connectivity index (χ1v) is 4.82. The first kappa shape index (κ1) is 8.24. The Balaban J connectivity index is 2.21. The van der Waals surface area contributed by atoms with Crippen molar-refractivity contribution in [1.82, 2.24) is 4.98 Å². The van der Waals surface area contributed by atoms with Crippen LogP contribution in [0.2, 0.25) is 0 Å². The van der Waals surface area contributed by atoms with Crippen LogP contribution in [0, 0.1) is 0 Å². The molecule has 0 bridgehead atoms. The van der Waals surface area contributed by atoms with Crippen molar-refractivity contribution in [1.29, 1.82) is 0 Å². The number of furan rings is 1. The highest BCUT2D eigenvalue weighted by Crippen LogP contribution is 2.26. The van der Waals surface area contributed by atoms with E-state index in [9.17, 15) is 0 Å². The van der Waals surface area contributed by atoms with Crippen molar-refractivity contribution in [3.63, 3.8) is 0 Å². The zero-order valence-electron chi connectivity index (χ0n) is 8.05. The van der Waals surface area contributed by atoms with E-state index in [2.05, 4.69) is 4.98 Å². The number of para-hydroxylation sites is 1. The van der Waals surface area contributed by atoms with E-state index in [0.29, 0.717) is 0 Å². The third-order valence-electron chi connectivity index (χ3n) is 2.39. The van der Waals surface area contributed by atoms with E-state index < -0.39 is 0 Å². The topological polar surface area (TPSA) is 26.0 Å². The fourth-order valence-electron chi connectivity index (χ4n) is 1.64. The molecule has 15 heavy (non-hydrogen) atoms. The lowest BCUT2D eigenvalue weighted by Gasteiger charge is -1.92. The van der Waals surface area contributed by atoms with Gasteiger partial charge in [-0.05, 0) is 24.3 Å². The molecule has 2 heteroatoms. The maximum absolute atomic E-state index is 5.73. The summed E-state index contributed by atoms with van der Waals surface area (Å²) in [6, 6.07) is 13.9. The third-order valence-corrected chi connectivity index (χ3v) is 2.39. The summed E-state index contributed by atoms with van der Waals surface area (Å²) in [7, 11) is 0. The number of benzene rings is 1. The van der Waals surface area contributed by atoms with Crippen LogP contribution in [-0.4, -0.2) is 4.98 Å². The van der Waals surface area contributed by atoms with Crippen molar-refractivity contribution < 1.29 is 4.42 Å². The molecule has 2 heterocycles. The summed E-state index contributed by atoms with van der Waals surface area (Å²) < 4.78 is 5.73. The molecule has 0 N–H and O–H groups in total. The van der Waals surface area contributed by atoms with E-state index in [-0.39, 0.29) is 0 Å². The van der Waals surface area contributed by atoms with Crippen molar-refractivity contribution in [2.75, 3.05) is 0 Å². The number of rotatable bonds is 1. The van der Waals surface area contributed by atoms with Crippen molar-refractivity contribution in [3.8, 4) is 11.3 Å². The fraction of sp³-hybridized carbons (Fsp3) is 0. The van der Waals surface area contributed by atoms with Gasteiger partial charge in [0.1, 0.15) is 11.3 Å². The first-order chi connectivity index (χ1) is 7.43. The summed E-state index contributed by atoms with van der Waals surface area (Å²) >= 11 is 0. The van der Waals surface area contributed by atoms with Crippen LogP contribution in [-0.2, 0) is 0 Å². The molecule has 0 aliphatic rings. The predicted octanol–water partition coefficient (Wildman–Crippen LogP) is 3.49. The smallest absolute Gasteiger partial charge is 0.135 e. The molecule has 0 aliphatic heterocycles. The first-order valence-electron chi connectivity index (χ1n) is 4.82. The molecule has 1 aromatic carbocycles. The van der Waals surface area contributed by atoms with Gasteiger partial charge >= 0.3 is 0 Å². The summed E-state index contributed by atoms with van der Waals surface area (Å²) in [5.41, 5.74) is 1.98. The van der Waals surface area contributed by atoms with Gasteiger partial charge in [0.2, 0.25) is 0 Å². The minimum Gasteiger partial charge on any atom is -0.456 e. The number of nitrogens with zero attached hydrogens (tertiary/aromatic N) is 1. The molecule has 0 fully saturated rings. The summed E-state index contributed by atoms with van der Waals surface area (Å²) in [5, 5.41) is 1.13. The van der Waals surface area contributed by atoms with E-state index in [4.69, 9.17) is 4.42 Å². The van der Waals surface area contributed by atoms with Gasteiger partial charge in [0.25, 0.3) is 0 Å². The second kappa shape index (κ2) is 3.24. The highest BCUT2D eigenvalue weighted by molar-refractivity contribution is 5.82. The lowest BCUT2D eigenvalue weighted by atomic mass is 10.2. The molecule has 3 rings (SSSR count). The van der Waals surface area contributed by atoms with Crippen LogP contribution in [0.3, 0.4) is 0 Å². The molecule has 0 saturated heterocycles. The molecular weight excluding hydrogens is 186 g/mol. The Morgan fingerprint density at radius 2 is 1.73 bits per heavy atom.